The number of amides is 2. The number of ether oxygens (including phenoxy) is 2. The van der Waals surface area contributed by atoms with Crippen LogP contribution in [0.2, 0.25) is 0 Å². The van der Waals surface area contributed by atoms with Crippen LogP contribution in [-0.4, -0.2) is 70.8 Å². The molecule has 2 aromatic rings. The Labute approximate surface area is 180 Å². The number of hydrogen-bond donors (Lipinski definition) is 1. The van der Waals surface area contributed by atoms with E-state index >= 15 is 0 Å². The molecule has 0 saturated carbocycles. The third-order valence-corrected chi connectivity index (χ3v) is 6.64. The van der Waals surface area contributed by atoms with Crippen LogP contribution in [0.1, 0.15) is 11.1 Å². The number of likely N-dealkylation sites (N-methyl/N-ethyl adjacent to an activating group) is 1. The van der Waals surface area contributed by atoms with Gasteiger partial charge in [0.25, 0.3) is 0 Å². The molecule has 2 bridgehead atoms. The van der Waals surface area contributed by atoms with Crippen molar-refractivity contribution in [2.45, 2.75) is 24.7 Å². The highest BCUT2D eigenvalue weighted by atomic mass is 16.5. The van der Waals surface area contributed by atoms with Crippen molar-refractivity contribution in [3.63, 3.8) is 0 Å². The Morgan fingerprint density at radius 2 is 2.29 bits per heavy atom. The second kappa shape index (κ2) is 7.53. The standard InChI is InChI=1S/C23H26N4O4/c1-26(9-7-16-11-24-25-12-16)21(28)19-18-6-8-23(31-18)14-27(22(29)20(19)23)13-15-4-3-5-17(10-15)30-2/h3-6,8,10-12,18-20H,7,9,13-14H2,1-2H3,(H,24,25)/t18-,19?,20?,23-/m0/s1. The van der Waals surface area contributed by atoms with Crippen LogP contribution in [0, 0.1) is 11.8 Å². The van der Waals surface area contributed by atoms with Crippen LogP contribution < -0.4 is 4.74 Å². The van der Waals surface area contributed by atoms with E-state index in [1.807, 2.05) is 42.6 Å². The zero-order valence-corrected chi connectivity index (χ0v) is 17.7. The number of fused-ring (bicyclic) bond motifs is 1. The van der Waals surface area contributed by atoms with Crippen LogP contribution in [0.25, 0.3) is 0 Å². The molecule has 8 nitrogen and oxygen atoms in total. The van der Waals surface area contributed by atoms with E-state index in [1.54, 1.807) is 30.2 Å². The van der Waals surface area contributed by atoms with E-state index in [-0.39, 0.29) is 17.9 Å². The van der Waals surface area contributed by atoms with Gasteiger partial charge in [-0.1, -0.05) is 24.3 Å². The molecule has 1 aromatic heterocycles. The predicted molar refractivity (Wildman–Crippen MR) is 112 cm³/mol. The van der Waals surface area contributed by atoms with Crippen LogP contribution in [-0.2, 0) is 27.3 Å². The van der Waals surface area contributed by atoms with Crippen molar-refractivity contribution in [1.82, 2.24) is 20.0 Å². The minimum absolute atomic E-state index is 0.0174. The van der Waals surface area contributed by atoms with Crippen LogP contribution in [0.4, 0.5) is 0 Å². The molecule has 31 heavy (non-hydrogen) atoms. The monoisotopic (exact) mass is 422 g/mol. The molecule has 2 unspecified atom stereocenters. The summed E-state index contributed by atoms with van der Waals surface area (Å²) in [6.07, 6.45) is 7.89. The quantitative estimate of drug-likeness (QED) is 0.682. The molecule has 8 heteroatoms. The molecular weight excluding hydrogens is 396 g/mol. The van der Waals surface area contributed by atoms with Crippen LogP contribution in [0.3, 0.4) is 0 Å². The SMILES string of the molecule is COc1cccc(CN2C[C@]34C=C[C@H](O3)C(C(=O)N(C)CCc3cn[nH]c3)C4C2=O)c1. The fraction of sp³-hybridized carbons (Fsp3) is 0.435. The lowest BCUT2D eigenvalue weighted by molar-refractivity contribution is -0.142. The van der Waals surface area contributed by atoms with E-state index in [1.165, 1.54) is 0 Å². The van der Waals surface area contributed by atoms with Gasteiger partial charge >= 0.3 is 0 Å². The van der Waals surface area contributed by atoms with Gasteiger partial charge in [0.2, 0.25) is 11.8 Å². The molecule has 162 valence electrons. The fourth-order valence-electron chi connectivity index (χ4n) is 5.06. The number of likely N-dealkylation sites (tertiary alicyclic amines) is 1. The van der Waals surface area contributed by atoms with Gasteiger partial charge in [0, 0.05) is 26.3 Å². The third-order valence-electron chi connectivity index (χ3n) is 6.64. The molecule has 1 N–H and O–H groups in total. The van der Waals surface area contributed by atoms with Gasteiger partial charge in [-0.2, -0.15) is 5.10 Å². The summed E-state index contributed by atoms with van der Waals surface area (Å²) < 4.78 is 11.5. The topological polar surface area (TPSA) is 87.8 Å². The summed E-state index contributed by atoms with van der Waals surface area (Å²) >= 11 is 0. The molecule has 2 amide bonds. The molecule has 1 spiro atoms. The van der Waals surface area contributed by atoms with Gasteiger partial charge in [0.05, 0.1) is 37.8 Å². The maximum Gasteiger partial charge on any atom is 0.230 e. The van der Waals surface area contributed by atoms with Crippen LogP contribution in [0.15, 0.2) is 48.8 Å². The largest absolute Gasteiger partial charge is 0.497 e. The molecule has 0 aliphatic carbocycles. The number of nitrogens with one attached hydrogen (secondary N) is 1. The first-order valence-corrected chi connectivity index (χ1v) is 10.5. The molecule has 1 aromatic carbocycles. The number of H-pyrrole nitrogens is 1. The summed E-state index contributed by atoms with van der Waals surface area (Å²) in [5, 5.41) is 6.73. The van der Waals surface area contributed by atoms with E-state index in [4.69, 9.17) is 9.47 Å². The zero-order chi connectivity index (χ0) is 21.6. The zero-order valence-electron chi connectivity index (χ0n) is 17.7. The maximum atomic E-state index is 13.4. The molecule has 4 heterocycles. The number of rotatable bonds is 7. The third kappa shape index (κ3) is 3.31. The van der Waals surface area contributed by atoms with Gasteiger partial charge in [0.1, 0.15) is 11.4 Å². The molecule has 4 atom stereocenters. The number of aromatic nitrogens is 2. The highest BCUT2D eigenvalue weighted by Crippen LogP contribution is 2.52. The van der Waals surface area contributed by atoms with Crippen LogP contribution >= 0.6 is 0 Å². The summed E-state index contributed by atoms with van der Waals surface area (Å²) in [5.41, 5.74) is 1.33. The Morgan fingerprint density at radius 1 is 1.42 bits per heavy atom. The number of nitrogens with zero attached hydrogens (tertiary/aromatic N) is 3. The Bertz CT molecular complexity index is 1020. The van der Waals surface area contributed by atoms with Gasteiger partial charge in [-0.3, -0.25) is 14.7 Å². The highest BCUT2D eigenvalue weighted by Gasteiger charge is 2.67. The molecule has 3 aliphatic rings. The minimum atomic E-state index is -0.702. The summed E-state index contributed by atoms with van der Waals surface area (Å²) in [4.78, 5) is 30.3. The molecule has 5 rings (SSSR count). The normalized spacial score (nSPS) is 28.3. The van der Waals surface area contributed by atoms with Gasteiger partial charge in [-0.05, 0) is 29.7 Å². The molecule has 0 radical (unpaired) electrons. The summed E-state index contributed by atoms with van der Waals surface area (Å²) in [7, 11) is 3.41. The molecule has 3 aliphatic heterocycles. The van der Waals surface area contributed by atoms with E-state index in [0.29, 0.717) is 26.1 Å². The first-order chi connectivity index (χ1) is 15.0. The predicted octanol–water partition coefficient (Wildman–Crippen LogP) is 1.40. The minimum Gasteiger partial charge on any atom is -0.497 e. The lowest BCUT2D eigenvalue weighted by Crippen LogP contribution is -2.45. The molecule has 2 saturated heterocycles. The van der Waals surface area contributed by atoms with Gasteiger partial charge in [0.15, 0.2) is 0 Å². The van der Waals surface area contributed by atoms with Crippen molar-refractivity contribution in [2.24, 2.45) is 11.8 Å². The van der Waals surface area contributed by atoms with Crippen molar-refractivity contribution >= 4 is 11.8 Å². The Kier molecular flexibility index (Phi) is 4.81. The summed E-state index contributed by atoms with van der Waals surface area (Å²) in [6, 6.07) is 7.70. The van der Waals surface area contributed by atoms with E-state index in [2.05, 4.69) is 10.2 Å². The maximum absolute atomic E-state index is 13.4. The number of aromatic amines is 1. The summed E-state index contributed by atoms with van der Waals surface area (Å²) in [5.74, 6) is -0.261. The van der Waals surface area contributed by atoms with E-state index in [9.17, 15) is 9.59 Å². The Balaban J connectivity index is 1.32. The van der Waals surface area contributed by atoms with Crippen molar-refractivity contribution in [2.75, 3.05) is 27.2 Å². The smallest absolute Gasteiger partial charge is 0.230 e. The molecule has 2 fully saturated rings. The average molecular weight is 422 g/mol. The van der Waals surface area contributed by atoms with Gasteiger partial charge in [-0.15, -0.1) is 0 Å². The lowest BCUT2D eigenvalue weighted by Gasteiger charge is -2.27. The number of methoxy groups -OCH3 is 1. The fourth-order valence-corrected chi connectivity index (χ4v) is 5.06. The Hall–Kier alpha value is -3.13. The Morgan fingerprint density at radius 3 is 3.06 bits per heavy atom. The van der Waals surface area contributed by atoms with Crippen LogP contribution in [0.5, 0.6) is 5.75 Å². The van der Waals surface area contributed by atoms with Gasteiger partial charge in [-0.25, -0.2) is 0 Å². The van der Waals surface area contributed by atoms with Crippen molar-refractivity contribution in [3.05, 3.63) is 59.9 Å². The summed E-state index contributed by atoms with van der Waals surface area (Å²) in [6.45, 7) is 1.49. The van der Waals surface area contributed by atoms with E-state index < -0.39 is 17.4 Å². The van der Waals surface area contributed by atoms with Crippen molar-refractivity contribution in [3.8, 4) is 5.75 Å². The number of benzene rings is 1. The lowest BCUT2D eigenvalue weighted by atomic mass is 9.76. The van der Waals surface area contributed by atoms with Crippen molar-refractivity contribution in [1.29, 1.82) is 0 Å². The molecular formula is C23H26N4O4. The van der Waals surface area contributed by atoms with Crippen molar-refractivity contribution < 1.29 is 19.1 Å². The number of carbonyl (C=O) groups excluding carboxylic acids is 2. The number of hydrogen-bond acceptors (Lipinski definition) is 5. The second-order valence-electron chi connectivity index (χ2n) is 8.56. The number of carbonyl (C=O) groups is 2. The van der Waals surface area contributed by atoms with E-state index in [0.717, 1.165) is 16.9 Å². The first-order valence-electron chi connectivity index (χ1n) is 10.5. The highest BCUT2D eigenvalue weighted by molar-refractivity contribution is 5.93. The average Bonchev–Trinajstić information content (AvgIpc) is 3.55. The van der Waals surface area contributed by atoms with Gasteiger partial charge < -0.3 is 19.3 Å². The second-order valence-corrected chi connectivity index (χ2v) is 8.56. The first kappa shape index (κ1) is 19.8.